The van der Waals surface area contributed by atoms with Crippen LogP contribution in [0.25, 0.3) is 11.0 Å². The number of halogens is 2. The maximum absolute atomic E-state index is 12.3. The maximum atomic E-state index is 12.3. The van der Waals surface area contributed by atoms with Crippen LogP contribution >= 0.6 is 0 Å². The van der Waals surface area contributed by atoms with Crippen molar-refractivity contribution in [1.29, 1.82) is 0 Å². The highest BCUT2D eigenvalue weighted by molar-refractivity contribution is 5.77. The number of aliphatic hydroxyl groups is 1. The van der Waals surface area contributed by atoms with Crippen molar-refractivity contribution in [1.82, 2.24) is 19.7 Å². The Kier molecular flexibility index (Phi) is 7.22. The molecule has 0 spiro atoms. The third-order valence-corrected chi connectivity index (χ3v) is 4.07. The molecule has 2 N–H and O–H groups in total. The van der Waals surface area contributed by atoms with Gasteiger partial charge in [0.1, 0.15) is 22.7 Å². The first kappa shape index (κ1) is 21.5. The molecule has 0 aliphatic rings. The number of aromatic nitrogens is 4. The van der Waals surface area contributed by atoms with Gasteiger partial charge < -0.3 is 14.8 Å². The average molecular weight is 394 g/mol. The van der Waals surface area contributed by atoms with E-state index < -0.39 is 13.2 Å². The lowest BCUT2D eigenvalue weighted by Crippen LogP contribution is -2.15. The number of hydrogen-bond donors (Lipinski definition) is 2. The number of aliphatic hydroxyl groups excluding tert-OH is 1. The van der Waals surface area contributed by atoms with Crippen LogP contribution in [0.4, 0.5) is 8.78 Å². The predicted molar refractivity (Wildman–Crippen MR) is 102 cm³/mol. The standard InChI is InChI=1S/C17H18F2N4O3.C2H6/c1-3-13(10-4-6-11(7-5-10)26-17(18)19)23-15-14(12(8-24)22-23)16(25)21-9(2)20-15;1-2/h4-7,13,17,24H,3,8H2,1-2H3,(H,20,21,25);1-2H3. The second kappa shape index (κ2) is 9.41. The van der Waals surface area contributed by atoms with Crippen molar-refractivity contribution in [3.8, 4) is 5.75 Å². The third-order valence-electron chi connectivity index (χ3n) is 4.07. The van der Waals surface area contributed by atoms with Crippen molar-refractivity contribution in [3.05, 3.63) is 51.7 Å². The number of alkyl halides is 2. The van der Waals surface area contributed by atoms with Crippen LogP contribution in [0.2, 0.25) is 0 Å². The molecule has 7 nitrogen and oxygen atoms in total. The van der Waals surface area contributed by atoms with Crippen molar-refractivity contribution in [2.24, 2.45) is 0 Å². The number of ether oxygens (including phenoxy) is 1. The number of nitrogens with one attached hydrogen (secondary N) is 1. The molecular weight excluding hydrogens is 370 g/mol. The Balaban J connectivity index is 0.00000136. The van der Waals surface area contributed by atoms with Crippen LogP contribution in [0.1, 0.15) is 50.3 Å². The number of aryl methyl sites for hydroxylation is 1. The summed E-state index contributed by atoms with van der Waals surface area (Å²) in [4.78, 5) is 19.2. The molecule has 0 saturated heterocycles. The van der Waals surface area contributed by atoms with Crippen molar-refractivity contribution >= 4 is 11.0 Å². The van der Waals surface area contributed by atoms with E-state index in [2.05, 4.69) is 19.8 Å². The summed E-state index contributed by atoms with van der Waals surface area (Å²) in [5.74, 6) is 0.495. The lowest BCUT2D eigenvalue weighted by molar-refractivity contribution is -0.0498. The van der Waals surface area contributed by atoms with E-state index in [0.29, 0.717) is 17.9 Å². The fraction of sp³-hybridized carbons (Fsp3) is 0.421. The minimum absolute atomic E-state index is 0.0605. The summed E-state index contributed by atoms with van der Waals surface area (Å²) in [6.07, 6.45) is 0.615. The van der Waals surface area contributed by atoms with Gasteiger partial charge in [-0.15, -0.1) is 0 Å². The average Bonchev–Trinajstić information content (AvgIpc) is 3.03. The van der Waals surface area contributed by atoms with Crippen molar-refractivity contribution < 1.29 is 18.6 Å². The van der Waals surface area contributed by atoms with Crippen LogP contribution < -0.4 is 10.3 Å². The molecule has 1 unspecified atom stereocenters. The molecule has 1 aromatic carbocycles. The Morgan fingerprint density at radius 1 is 1.25 bits per heavy atom. The zero-order valence-corrected chi connectivity index (χ0v) is 16.2. The Labute approximate surface area is 161 Å². The van der Waals surface area contributed by atoms with Crippen LogP contribution in [0.3, 0.4) is 0 Å². The van der Waals surface area contributed by atoms with E-state index in [1.807, 2.05) is 20.8 Å². The largest absolute Gasteiger partial charge is 0.435 e. The monoisotopic (exact) mass is 394 g/mol. The van der Waals surface area contributed by atoms with Crippen LogP contribution in [0.5, 0.6) is 5.75 Å². The summed E-state index contributed by atoms with van der Waals surface area (Å²) in [6.45, 7) is 4.31. The maximum Gasteiger partial charge on any atom is 0.387 e. The van der Waals surface area contributed by atoms with E-state index >= 15 is 0 Å². The van der Waals surface area contributed by atoms with Gasteiger partial charge in [0.25, 0.3) is 5.56 Å². The summed E-state index contributed by atoms with van der Waals surface area (Å²) in [5, 5.41) is 14.1. The number of nitrogens with zero attached hydrogens (tertiary/aromatic N) is 3. The van der Waals surface area contributed by atoms with Crippen LogP contribution in [-0.2, 0) is 6.61 Å². The third kappa shape index (κ3) is 4.36. The van der Waals surface area contributed by atoms with Gasteiger partial charge in [0.15, 0.2) is 5.65 Å². The quantitative estimate of drug-likeness (QED) is 0.667. The molecule has 1 atom stereocenters. The Morgan fingerprint density at radius 3 is 2.43 bits per heavy atom. The van der Waals surface area contributed by atoms with Gasteiger partial charge in [0.05, 0.1) is 12.6 Å². The normalized spacial score (nSPS) is 12.0. The van der Waals surface area contributed by atoms with E-state index in [1.54, 1.807) is 23.7 Å². The van der Waals surface area contributed by atoms with Gasteiger partial charge in [-0.1, -0.05) is 32.9 Å². The molecule has 0 amide bonds. The second-order valence-corrected chi connectivity index (χ2v) is 5.77. The van der Waals surface area contributed by atoms with Gasteiger partial charge in [-0.05, 0) is 31.0 Å². The molecule has 9 heteroatoms. The highest BCUT2D eigenvalue weighted by atomic mass is 19.3. The van der Waals surface area contributed by atoms with Crippen LogP contribution in [-0.4, -0.2) is 31.5 Å². The molecule has 0 saturated carbocycles. The van der Waals surface area contributed by atoms with Gasteiger partial charge in [-0.3, -0.25) is 4.79 Å². The second-order valence-electron chi connectivity index (χ2n) is 5.77. The lowest BCUT2D eigenvalue weighted by Gasteiger charge is -2.17. The van der Waals surface area contributed by atoms with E-state index in [4.69, 9.17) is 0 Å². The number of benzene rings is 1. The summed E-state index contributed by atoms with van der Waals surface area (Å²) in [7, 11) is 0. The molecule has 152 valence electrons. The fourth-order valence-electron chi connectivity index (χ4n) is 2.97. The zero-order valence-electron chi connectivity index (χ0n) is 16.2. The van der Waals surface area contributed by atoms with E-state index in [0.717, 1.165) is 5.56 Å². The number of fused-ring (bicyclic) bond motifs is 1. The molecule has 3 rings (SSSR count). The molecule has 2 heterocycles. The fourth-order valence-corrected chi connectivity index (χ4v) is 2.97. The van der Waals surface area contributed by atoms with Gasteiger partial charge in [-0.2, -0.15) is 13.9 Å². The minimum Gasteiger partial charge on any atom is -0.435 e. The van der Waals surface area contributed by atoms with Crippen LogP contribution in [0, 0.1) is 6.92 Å². The smallest absolute Gasteiger partial charge is 0.387 e. The van der Waals surface area contributed by atoms with Gasteiger partial charge in [-0.25, -0.2) is 9.67 Å². The predicted octanol–water partition coefficient (Wildman–Crippen LogP) is 3.55. The summed E-state index contributed by atoms with van der Waals surface area (Å²) < 4.78 is 30.6. The summed E-state index contributed by atoms with van der Waals surface area (Å²) in [5.41, 5.74) is 1.04. The van der Waals surface area contributed by atoms with Crippen LogP contribution in [0.15, 0.2) is 29.1 Å². The number of hydrogen-bond acceptors (Lipinski definition) is 5. The first-order valence-electron chi connectivity index (χ1n) is 9.08. The number of H-pyrrole nitrogens is 1. The molecule has 28 heavy (non-hydrogen) atoms. The highest BCUT2D eigenvalue weighted by Crippen LogP contribution is 2.27. The minimum atomic E-state index is -2.89. The topological polar surface area (TPSA) is 93.0 Å². The van der Waals surface area contributed by atoms with Crippen molar-refractivity contribution in [2.45, 2.75) is 53.4 Å². The van der Waals surface area contributed by atoms with E-state index in [1.165, 1.54) is 12.1 Å². The Hall–Kier alpha value is -2.81. The number of rotatable bonds is 6. The van der Waals surface area contributed by atoms with Crippen molar-refractivity contribution in [2.75, 3.05) is 0 Å². The SMILES string of the molecule is CC.CCC(c1ccc(OC(F)F)cc1)n1nc(CO)c2c(=O)[nH]c(C)nc21. The van der Waals surface area contributed by atoms with E-state index in [9.17, 15) is 18.7 Å². The molecule has 3 aromatic rings. The number of aromatic amines is 1. The first-order valence-corrected chi connectivity index (χ1v) is 9.08. The summed E-state index contributed by atoms with van der Waals surface area (Å²) >= 11 is 0. The van der Waals surface area contributed by atoms with Gasteiger partial charge >= 0.3 is 6.61 Å². The molecular formula is C19H24F2N4O3. The first-order chi connectivity index (χ1) is 13.4. The summed E-state index contributed by atoms with van der Waals surface area (Å²) in [6, 6.07) is 5.95. The van der Waals surface area contributed by atoms with E-state index in [-0.39, 0.29) is 28.4 Å². The molecule has 0 fully saturated rings. The van der Waals surface area contributed by atoms with Crippen molar-refractivity contribution in [3.63, 3.8) is 0 Å². The zero-order chi connectivity index (χ0) is 20.8. The molecule has 0 aliphatic heterocycles. The molecule has 0 radical (unpaired) electrons. The molecule has 0 bridgehead atoms. The molecule has 2 aromatic heterocycles. The Bertz CT molecular complexity index is 968. The van der Waals surface area contributed by atoms with Gasteiger partial charge in [0.2, 0.25) is 0 Å². The molecule has 0 aliphatic carbocycles. The van der Waals surface area contributed by atoms with Gasteiger partial charge in [0, 0.05) is 0 Å². The Morgan fingerprint density at radius 2 is 1.89 bits per heavy atom. The highest BCUT2D eigenvalue weighted by Gasteiger charge is 2.22. The lowest BCUT2D eigenvalue weighted by atomic mass is 10.0.